The number of non-ortho nitro benzene ring substituents is 1. The Morgan fingerprint density at radius 3 is 2.70 bits per heavy atom. The van der Waals surface area contributed by atoms with Crippen LogP contribution in [0.25, 0.3) is 11.0 Å². The molecule has 0 bridgehead atoms. The first kappa shape index (κ1) is 12.5. The molecule has 0 aliphatic heterocycles. The largest absolute Gasteiger partial charge is 0.269 e. The smallest absolute Gasteiger partial charge is 0.258 e. The van der Waals surface area contributed by atoms with Crippen LogP contribution in [0.2, 0.25) is 5.28 Å². The highest BCUT2D eigenvalue weighted by atomic mass is 35.5. The van der Waals surface area contributed by atoms with Gasteiger partial charge < -0.3 is 0 Å². The van der Waals surface area contributed by atoms with Gasteiger partial charge in [-0.3, -0.25) is 10.1 Å². The molecule has 0 saturated carbocycles. The molecule has 0 fully saturated rings. The van der Waals surface area contributed by atoms with Gasteiger partial charge in [-0.2, -0.15) is 10.1 Å². The fraction of sp³-hybridized carbons (Fsp3) is 0.0833. The number of nitro benzene ring substituents is 1. The average Bonchev–Trinajstić information content (AvgIpc) is 2.82. The van der Waals surface area contributed by atoms with Crippen molar-refractivity contribution in [2.45, 2.75) is 6.54 Å². The molecule has 2 heterocycles. The lowest BCUT2D eigenvalue weighted by molar-refractivity contribution is -0.384. The van der Waals surface area contributed by atoms with Crippen molar-refractivity contribution in [3.63, 3.8) is 0 Å². The van der Waals surface area contributed by atoms with Gasteiger partial charge in [0.05, 0.1) is 23.1 Å². The maximum Gasteiger partial charge on any atom is 0.269 e. The first-order chi connectivity index (χ1) is 9.63. The molecular weight excluding hydrogens is 282 g/mol. The number of nitro groups is 1. The predicted octanol–water partition coefficient (Wildman–Crippen LogP) is 2.44. The van der Waals surface area contributed by atoms with Crippen molar-refractivity contribution in [2.24, 2.45) is 0 Å². The summed E-state index contributed by atoms with van der Waals surface area (Å²) in [5.74, 6) is 0. The van der Waals surface area contributed by atoms with Crippen molar-refractivity contribution in [3.8, 4) is 0 Å². The van der Waals surface area contributed by atoms with Crippen molar-refractivity contribution in [1.29, 1.82) is 0 Å². The molecule has 0 radical (unpaired) electrons. The quantitative estimate of drug-likeness (QED) is 0.420. The molecule has 0 saturated heterocycles. The van der Waals surface area contributed by atoms with Crippen LogP contribution in [-0.4, -0.2) is 24.7 Å². The Bertz CT molecular complexity index is 784. The molecule has 3 rings (SSSR count). The summed E-state index contributed by atoms with van der Waals surface area (Å²) < 4.78 is 1.67. The summed E-state index contributed by atoms with van der Waals surface area (Å²) >= 11 is 5.77. The van der Waals surface area contributed by atoms with Crippen LogP contribution >= 0.6 is 11.6 Å². The van der Waals surface area contributed by atoms with E-state index < -0.39 is 4.92 Å². The molecule has 1 aromatic carbocycles. The first-order valence-electron chi connectivity index (χ1n) is 5.71. The highest BCUT2D eigenvalue weighted by molar-refractivity contribution is 6.28. The summed E-state index contributed by atoms with van der Waals surface area (Å²) in [6.07, 6.45) is 3.25. The topological polar surface area (TPSA) is 86.7 Å². The van der Waals surface area contributed by atoms with Crippen molar-refractivity contribution >= 4 is 28.3 Å². The number of benzene rings is 1. The van der Waals surface area contributed by atoms with E-state index in [0.717, 1.165) is 10.9 Å². The third kappa shape index (κ3) is 2.30. The van der Waals surface area contributed by atoms with Gasteiger partial charge in [0.1, 0.15) is 0 Å². The summed E-state index contributed by atoms with van der Waals surface area (Å²) in [4.78, 5) is 18.2. The maximum atomic E-state index is 10.6. The number of hydrogen-bond acceptors (Lipinski definition) is 5. The fourth-order valence-corrected chi connectivity index (χ4v) is 1.99. The molecule has 0 atom stereocenters. The van der Waals surface area contributed by atoms with Crippen LogP contribution < -0.4 is 0 Å². The Morgan fingerprint density at radius 2 is 2.00 bits per heavy atom. The fourth-order valence-electron chi connectivity index (χ4n) is 1.86. The van der Waals surface area contributed by atoms with Gasteiger partial charge in [-0.15, -0.1) is 0 Å². The predicted molar refractivity (Wildman–Crippen MR) is 72.5 cm³/mol. The molecule has 0 aliphatic rings. The Kier molecular flexibility index (Phi) is 3.03. The molecule has 8 heteroatoms. The van der Waals surface area contributed by atoms with Gasteiger partial charge in [0.2, 0.25) is 5.28 Å². The summed E-state index contributed by atoms with van der Waals surface area (Å²) in [5.41, 5.74) is 1.57. The molecule has 0 unspecified atom stereocenters. The zero-order valence-corrected chi connectivity index (χ0v) is 10.9. The van der Waals surface area contributed by atoms with Gasteiger partial charge in [-0.1, -0.05) is 12.1 Å². The Morgan fingerprint density at radius 1 is 1.25 bits per heavy atom. The zero-order valence-electron chi connectivity index (χ0n) is 10.1. The van der Waals surface area contributed by atoms with Gasteiger partial charge in [0, 0.05) is 18.3 Å². The van der Waals surface area contributed by atoms with Crippen LogP contribution in [0.1, 0.15) is 5.56 Å². The molecule has 0 amide bonds. The van der Waals surface area contributed by atoms with Gasteiger partial charge in [-0.25, -0.2) is 9.67 Å². The number of nitrogens with zero attached hydrogens (tertiary/aromatic N) is 5. The van der Waals surface area contributed by atoms with Gasteiger partial charge in [0.15, 0.2) is 5.65 Å². The van der Waals surface area contributed by atoms with E-state index in [0.29, 0.717) is 12.2 Å². The van der Waals surface area contributed by atoms with Crippen molar-refractivity contribution in [3.05, 3.63) is 57.6 Å². The van der Waals surface area contributed by atoms with Gasteiger partial charge >= 0.3 is 0 Å². The molecule has 100 valence electrons. The molecule has 0 spiro atoms. The third-order valence-corrected chi connectivity index (χ3v) is 3.01. The highest BCUT2D eigenvalue weighted by Gasteiger charge is 2.08. The number of rotatable bonds is 3. The summed E-state index contributed by atoms with van der Waals surface area (Å²) in [6.45, 7) is 0.453. The molecule has 20 heavy (non-hydrogen) atoms. The number of hydrogen-bond donors (Lipinski definition) is 0. The second-order valence-electron chi connectivity index (χ2n) is 4.14. The second kappa shape index (κ2) is 4.86. The zero-order chi connectivity index (χ0) is 14.1. The van der Waals surface area contributed by atoms with E-state index in [1.807, 2.05) is 0 Å². The summed E-state index contributed by atoms with van der Waals surface area (Å²) in [7, 11) is 0. The van der Waals surface area contributed by atoms with E-state index in [1.54, 1.807) is 29.2 Å². The molecule has 0 aliphatic carbocycles. The maximum absolute atomic E-state index is 10.6. The summed E-state index contributed by atoms with van der Waals surface area (Å²) in [6, 6.07) is 6.30. The van der Waals surface area contributed by atoms with E-state index in [4.69, 9.17) is 11.6 Å². The lowest BCUT2D eigenvalue weighted by atomic mass is 10.2. The Labute approximate surface area is 118 Å². The van der Waals surface area contributed by atoms with Crippen LogP contribution in [0.4, 0.5) is 5.69 Å². The lowest BCUT2D eigenvalue weighted by Crippen LogP contribution is -2.03. The normalized spacial score (nSPS) is 10.8. The van der Waals surface area contributed by atoms with E-state index in [-0.39, 0.29) is 11.0 Å². The van der Waals surface area contributed by atoms with E-state index in [9.17, 15) is 10.1 Å². The monoisotopic (exact) mass is 289 g/mol. The van der Waals surface area contributed by atoms with E-state index in [2.05, 4.69) is 15.1 Å². The van der Waals surface area contributed by atoms with E-state index >= 15 is 0 Å². The molecular formula is C12H8ClN5O2. The number of fused-ring (bicyclic) bond motifs is 1. The summed E-state index contributed by atoms with van der Waals surface area (Å²) in [5, 5.41) is 15.8. The average molecular weight is 290 g/mol. The highest BCUT2D eigenvalue weighted by Crippen LogP contribution is 2.16. The Balaban J connectivity index is 1.92. The van der Waals surface area contributed by atoms with Crippen molar-refractivity contribution in [1.82, 2.24) is 19.7 Å². The third-order valence-electron chi connectivity index (χ3n) is 2.83. The van der Waals surface area contributed by atoms with Gasteiger partial charge in [0.25, 0.3) is 5.69 Å². The van der Waals surface area contributed by atoms with Gasteiger partial charge in [-0.05, 0) is 17.2 Å². The minimum atomic E-state index is -0.430. The van der Waals surface area contributed by atoms with Crippen LogP contribution in [0.15, 0.2) is 36.7 Å². The van der Waals surface area contributed by atoms with Crippen LogP contribution in [-0.2, 0) is 6.54 Å². The minimum absolute atomic E-state index is 0.0597. The molecule has 2 aromatic heterocycles. The van der Waals surface area contributed by atoms with Crippen LogP contribution in [0, 0.1) is 10.1 Å². The second-order valence-corrected chi connectivity index (χ2v) is 4.48. The van der Waals surface area contributed by atoms with Crippen LogP contribution in [0.5, 0.6) is 0 Å². The van der Waals surface area contributed by atoms with Crippen molar-refractivity contribution < 1.29 is 4.92 Å². The SMILES string of the molecule is O=[N+]([O-])c1ccc(Cn2ncc3cnc(Cl)nc32)cc1. The van der Waals surface area contributed by atoms with E-state index in [1.165, 1.54) is 12.1 Å². The van der Waals surface area contributed by atoms with Crippen LogP contribution in [0.3, 0.4) is 0 Å². The molecule has 7 nitrogen and oxygen atoms in total. The first-order valence-corrected chi connectivity index (χ1v) is 6.09. The molecule has 0 N–H and O–H groups in total. The number of halogens is 1. The Hall–Kier alpha value is -2.54. The minimum Gasteiger partial charge on any atom is -0.258 e. The number of aromatic nitrogens is 4. The standard InChI is InChI=1S/C12H8ClN5O2/c13-12-14-5-9-6-15-17(11(9)16-12)7-8-1-3-10(4-2-8)18(19)20/h1-6H,7H2. The lowest BCUT2D eigenvalue weighted by Gasteiger charge is -2.03. The van der Waals surface area contributed by atoms with Crippen molar-refractivity contribution in [2.75, 3.05) is 0 Å². The molecule has 3 aromatic rings.